The van der Waals surface area contributed by atoms with Gasteiger partial charge in [-0.15, -0.1) is 0 Å². The quantitative estimate of drug-likeness (QED) is 0.808. The topological polar surface area (TPSA) is 44.4 Å². The number of anilines is 1. The average Bonchev–Trinajstić information content (AvgIpc) is 2.36. The molecule has 0 saturated carbocycles. The molecule has 1 aromatic rings. The van der Waals surface area contributed by atoms with Crippen molar-refractivity contribution in [3.8, 4) is 0 Å². The van der Waals surface area contributed by atoms with Crippen LogP contribution in [-0.4, -0.2) is 44.0 Å². The molecule has 0 heterocycles. The molecule has 1 aromatic carbocycles. The number of para-hydroxylation sites is 1. The number of benzene rings is 1. The van der Waals surface area contributed by atoms with Crippen LogP contribution in [0.25, 0.3) is 0 Å². The average molecular weight is 249 g/mol. The Morgan fingerprint density at radius 3 is 2.61 bits per heavy atom. The number of nitrogens with zero attached hydrogens (tertiary/aromatic N) is 1. The van der Waals surface area contributed by atoms with Gasteiger partial charge in [-0.05, 0) is 40.1 Å². The first-order valence-corrected chi connectivity index (χ1v) is 6.33. The minimum absolute atomic E-state index is 0.0275. The van der Waals surface area contributed by atoms with Crippen LogP contribution in [-0.2, 0) is 0 Å². The molecule has 0 bridgehead atoms. The lowest BCUT2D eigenvalue weighted by molar-refractivity contribution is 0.0944. The maximum atomic E-state index is 12.1. The molecule has 18 heavy (non-hydrogen) atoms. The van der Waals surface area contributed by atoms with E-state index in [4.69, 9.17) is 0 Å². The van der Waals surface area contributed by atoms with Crippen molar-refractivity contribution in [1.29, 1.82) is 0 Å². The van der Waals surface area contributed by atoms with Crippen molar-refractivity contribution < 1.29 is 4.79 Å². The number of amides is 1. The molecule has 0 aliphatic heterocycles. The predicted octanol–water partition coefficient (Wildman–Crippen LogP) is 1.80. The van der Waals surface area contributed by atoms with Crippen molar-refractivity contribution >= 4 is 11.6 Å². The van der Waals surface area contributed by atoms with Crippen LogP contribution in [0.2, 0.25) is 0 Å². The standard InChI is InChI=1S/C14H23N3O/c1-5-15-13-9-7-6-8-12(13)14(18)16-10-11(2)17(3)4/h6-9,11,15H,5,10H2,1-4H3,(H,16,18). The minimum Gasteiger partial charge on any atom is -0.385 e. The van der Waals surface area contributed by atoms with Crippen LogP contribution in [0.5, 0.6) is 0 Å². The molecule has 0 aliphatic carbocycles. The number of likely N-dealkylation sites (N-methyl/N-ethyl adjacent to an activating group) is 1. The SMILES string of the molecule is CCNc1ccccc1C(=O)NCC(C)N(C)C. The molecular weight excluding hydrogens is 226 g/mol. The molecule has 1 amide bonds. The molecule has 0 saturated heterocycles. The highest BCUT2D eigenvalue weighted by Crippen LogP contribution is 2.14. The number of carbonyl (C=O) groups is 1. The Balaban J connectivity index is 2.66. The van der Waals surface area contributed by atoms with E-state index < -0.39 is 0 Å². The number of hydrogen-bond donors (Lipinski definition) is 2. The van der Waals surface area contributed by atoms with Gasteiger partial charge in [-0.25, -0.2) is 0 Å². The van der Waals surface area contributed by atoms with Crippen molar-refractivity contribution in [2.45, 2.75) is 19.9 Å². The number of nitrogens with one attached hydrogen (secondary N) is 2. The Kier molecular flexibility index (Phi) is 5.65. The largest absolute Gasteiger partial charge is 0.385 e. The highest BCUT2D eigenvalue weighted by atomic mass is 16.1. The van der Waals surface area contributed by atoms with Crippen molar-refractivity contribution in [3.05, 3.63) is 29.8 Å². The van der Waals surface area contributed by atoms with E-state index in [2.05, 4.69) is 22.5 Å². The smallest absolute Gasteiger partial charge is 0.253 e. The number of hydrogen-bond acceptors (Lipinski definition) is 3. The van der Waals surface area contributed by atoms with Gasteiger partial charge in [-0.1, -0.05) is 12.1 Å². The summed E-state index contributed by atoms with van der Waals surface area (Å²) in [6, 6.07) is 7.89. The molecule has 1 rings (SSSR count). The second-order valence-corrected chi connectivity index (χ2v) is 4.60. The molecule has 2 N–H and O–H groups in total. The summed E-state index contributed by atoms with van der Waals surface area (Å²) >= 11 is 0. The van der Waals surface area contributed by atoms with Crippen LogP contribution in [0.4, 0.5) is 5.69 Å². The minimum atomic E-state index is -0.0275. The van der Waals surface area contributed by atoms with Gasteiger partial charge < -0.3 is 15.5 Å². The zero-order valence-electron chi connectivity index (χ0n) is 11.7. The Labute approximate surface area is 109 Å². The van der Waals surface area contributed by atoms with Crippen LogP contribution in [0.15, 0.2) is 24.3 Å². The van der Waals surface area contributed by atoms with E-state index in [1.165, 1.54) is 0 Å². The molecule has 1 unspecified atom stereocenters. The number of rotatable bonds is 6. The molecule has 4 nitrogen and oxygen atoms in total. The van der Waals surface area contributed by atoms with E-state index in [1.807, 2.05) is 45.3 Å². The van der Waals surface area contributed by atoms with Gasteiger partial charge in [0.05, 0.1) is 5.56 Å². The molecule has 1 atom stereocenters. The first-order chi connectivity index (χ1) is 8.56. The van der Waals surface area contributed by atoms with Gasteiger partial charge in [-0.3, -0.25) is 4.79 Å². The molecule has 0 radical (unpaired) electrons. The van der Waals surface area contributed by atoms with E-state index >= 15 is 0 Å². The van der Waals surface area contributed by atoms with E-state index in [-0.39, 0.29) is 5.91 Å². The third kappa shape index (κ3) is 4.04. The Morgan fingerprint density at radius 2 is 2.00 bits per heavy atom. The highest BCUT2D eigenvalue weighted by Gasteiger charge is 2.12. The summed E-state index contributed by atoms with van der Waals surface area (Å²) < 4.78 is 0. The summed E-state index contributed by atoms with van der Waals surface area (Å²) in [5.74, 6) is -0.0275. The Bertz CT molecular complexity index is 390. The fourth-order valence-electron chi connectivity index (χ4n) is 1.54. The van der Waals surface area contributed by atoms with Crippen LogP contribution in [0.1, 0.15) is 24.2 Å². The zero-order chi connectivity index (χ0) is 13.5. The van der Waals surface area contributed by atoms with Gasteiger partial charge in [0, 0.05) is 24.8 Å². The molecule has 100 valence electrons. The third-order valence-corrected chi connectivity index (χ3v) is 2.98. The van der Waals surface area contributed by atoms with Crippen molar-refractivity contribution in [2.75, 3.05) is 32.5 Å². The van der Waals surface area contributed by atoms with Crippen LogP contribution in [0, 0.1) is 0 Å². The molecule has 0 aromatic heterocycles. The summed E-state index contributed by atoms with van der Waals surface area (Å²) in [5, 5.41) is 6.15. The normalized spacial score (nSPS) is 12.3. The van der Waals surface area contributed by atoms with Gasteiger partial charge in [0.25, 0.3) is 5.91 Å². The van der Waals surface area contributed by atoms with Gasteiger partial charge in [0.1, 0.15) is 0 Å². The van der Waals surface area contributed by atoms with Crippen molar-refractivity contribution in [1.82, 2.24) is 10.2 Å². The second-order valence-electron chi connectivity index (χ2n) is 4.60. The summed E-state index contributed by atoms with van der Waals surface area (Å²) in [4.78, 5) is 14.2. The third-order valence-electron chi connectivity index (χ3n) is 2.98. The maximum Gasteiger partial charge on any atom is 0.253 e. The summed E-state index contributed by atoms with van der Waals surface area (Å²) in [6.45, 7) is 5.55. The fraction of sp³-hybridized carbons (Fsp3) is 0.500. The van der Waals surface area contributed by atoms with Crippen LogP contribution < -0.4 is 10.6 Å². The molecular formula is C14H23N3O. The molecule has 0 fully saturated rings. The highest BCUT2D eigenvalue weighted by molar-refractivity contribution is 5.99. The maximum absolute atomic E-state index is 12.1. The van der Waals surface area contributed by atoms with Gasteiger partial charge in [0.2, 0.25) is 0 Å². The number of carbonyl (C=O) groups excluding carboxylic acids is 1. The predicted molar refractivity (Wildman–Crippen MR) is 76.1 cm³/mol. The van der Waals surface area contributed by atoms with Crippen LogP contribution in [0.3, 0.4) is 0 Å². The van der Waals surface area contributed by atoms with Crippen molar-refractivity contribution in [2.24, 2.45) is 0 Å². The Morgan fingerprint density at radius 1 is 1.33 bits per heavy atom. The van der Waals surface area contributed by atoms with E-state index in [1.54, 1.807) is 0 Å². The second kappa shape index (κ2) is 7.01. The summed E-state index contributed by atoms with van der Waals surface area (Å²) in [7, 11) is 4.01. The van der Waals surface area contributed by atoms with Gasteiger partial charge >= 0.3 is 0 Å². The lowest BCUT2D eigenvalue weighted by Crippen LogP contribution is -2.38. The van der Waals surface area contributed by atoms with E-state index in [9.17, 15) is 4.79 Å². The van der Waals surface area contributed by atoms with Crippen LogP contribution >= 0.6 is 0 Å². The fourth-order valence-corrected chi connectivity index (χ4v) is 1.54. The molecule has 0 aliphatic rings. The molecule has 4 heteroatoms. The van der Waals surface area contributed by atoms with Crippen molar-refractivity contribution in [3.63, 3.8) is 0 Å². The first-order valence-electron chi connectivity index (χ1n) is 6.33. The summed E-state index contributed by atoms with van der Waals surface area (Å²) in [6.07, 6.45) is 0. The zero-order valence-corrected chi connectivity index (χ0v) is 11.7. The summed E-state index contributed by atoms with van der Waals surface area (Å²) in [5.41, 5.74) is 1.58. The van der Waals surface area contributed by atoms with Gasteiger partial charge in [-0.2, -0.15) is 0 Å². The Hall–Kier alpha value is -1.55. The van der Waals surface area contributed by atoms with E-state index in [0.29, 0.717) is 18.2 Å². The molecule has 0 spiro atoms. The monoisotopic (exact) mass is 249 g/mol. The van der Waals surface area contributed by atoms with Gasteiger partial charge in [0.15, 0.2) is 0 Å². The lowest BCUT2D eigenvalue weighted by atomic mass is 10.1. The van der Waals surface area contributed by atoms with E-state index in [0.717, 1.165) is 12.2 Å². The lowest BCUT2D eigenvalue weighted by Gasteiger charge is -2.20. The first kappa shape index (κ1) is 14.5.